The first-order valence-electron chi connectivity index (χ1n) is 8.97. The lowest BCUT2D eigenvalue weighted by Gasteiger charge is -2.21. The van der Waals surface area contributed by atoms with Crippen molar-refractivity contribution in [2.24, 2.45) is 7.05 Å². The smallest absolute Gasteiger partial charge is 0.252 e. The average molecular weight is 378 g/mol. The van der Waals surface area contributed by atoms with Gasteiger partial charge in [-0.15, -0.1) is 0 Å². The Morgan fingerprint density at radius 2 is 2.11 bits per heavy atom. The largest absolute Gasteiger partial charge is 0.338 e. The number of nitrogens with one attached hydrogen (secondary N) is 2. The summed E-state index contributed by atoms with van der Waals surface area (Å²) in [4.78, 5) is 28.8. The molecule has 7 heteroatoms. The zero-order valence-electron chi connectivity index (χ0n) is 15.3. The first-order chi connectivity index (χ1) is 13.5. The van der Waals surface area contributed by atoms with Crippen LogP contribution >= 0.6 is 0 Å². The van der Waals surface area contributed by atoms with Gasteiger partial charge in [0.05, 0.1) is 0 Å². The number of benzene rings is 2. The maximum Gasteiger partial charge on any atom is 0.252 e. The molecule has 1 atom stereocenters. The maximum atomic E-state index is 13.8. The number of hydrogen-bond donors (Lipinski definition) is 2. The second-order valence-electron chi connectivity index (χ2n) is 6.78. The van der Waals surface area contributed by atoms with E-state index in [1.807, 2.05) is 7.05 Å². The SMILES string of the molecule is Cn1ccnc1[C@@H](NC(=O)c1ccc2c(c1)CCC(=O)N2)c1cccc(F)c1. The standard InChI is InChI=1S/C21H19FN4O2/c1-26-10-9-23-20(26)19(14-3-2-4-16(22)12-14)25-21(28)15-5-7-17-13(11-15)6-8-18(27)24-17/h2-5,7,9-12,19H,6,8H2,1H3,(H,24,27)(H,25,28)/t19-/m0/s1. The Bertz CT molecular complexity index is 1060. The number of halogens is 1. The van der Waals surface area contributed by atoms with E-state index in [-0.39, 0.29) is 17.6 Å². The summed E-state index contributed by atoms with van der Waals surface area (Å²) in [6, 6.07) is 10.7. The van der Waals surface area contributed by atoms with Gasteiger partial charge in [0.25, 0.3) is 5.91 Å². The minimum Gasteiger partial charge on any atom is -0.338 e. The predicted molar refractivity (Wildman–Crippen MR) is 102 cm³/mol. The van der Waals surface area contributed by atoms with Gasteiger partial charge < -0.3 is 15.2 Å². The molecule has 142 valence electrons. The number of nitrogens with zero attached hydrogens (tertiary/aromatic N) is 2. The first-order valence-corrected chi connectivity index (χ1v) is 8.97. The second-order valence-corrected chi connectivity index (χ2v) is 6.78. The van der Waals surface area contributed by atoms with E-state index in [4.69, 9.17) is 0 Å². The summed E-state index contributed by atoms with van der Waals surface area (Å²) in [5.74, 6) is -0.0951. The van der Waals surface area contributed by atoms with Gasteiger partial charge >= 0.3 is 0 Å². The molecule has 0 saturated heterocycles. The molecule has 3 aromatic rings. The van der Waals surface area contributed by atoms with Crippen LogP contribution in [0, 0.1) is 5.82 Å². The quantitative estimate of drug-likeness (QED) is 0.733. The molecule has 28 heavy (non-hydrogen) atoms. The Morgan fingerprint density at radius 1 is 1.25 bits per heavy atom. The van der Waals surface area contributed by atoms with Crippen molar-refractivity contribution in [1.29, 1.82) is 0 Å². The monoisotopic (exact) mass is 378 g/mol. The number of imidazole rings is 1. The molecule has 2 amide bonds. The van der Waals surface area contributed by atoms with E-state index in [1.54, 1.807) is 47.3 Å². The fraction of sp³-hybridized carbons (Fsp3) is 0.190. The number of hydrogen-bond acceptors (Lipinski definition) is 3. The van der Waals surface area contributed by atoms with Crippen molar-refractivity contribution in [3.8, 4) is 0 Å². The molecular formula is C21H19FN4O2. The van der Waals surface area contributed by atoms with Crippen molar-refractivity contribution in [2.75, 3.05) is 5.32 Å². The van der Waals surface area contributed by atoms with Gasteiger partial charge in [0.2, 0.25) is 5.91 Å². The number of aryl methyl sites for hydroxylation is 2. The molecule has 1 aromatic heterocycles. The average Bonchev–Trinajstić information content (AvgIpc) is 3.11. The van der Waals surface area contributed by atoms with E-state index >= 15 is 0 Å². The molecule has 4 rings (SSSR count). The van der Waals surface area contributed by atoms with Crippen molar-refractivity contribution in [2.45, 2.75) is 18.9 Å². The number of rotatable bonds is 4. The molecule has 2 N–H and O–H groups in total. The summed E-state index contributed by atoms with van der Waals surface area (Å²) in [7, 11) is 1.82. The highest BCUT2D eigenvalue weighted by molar-refractivity contribution is 5.98. The number of aromatic nitrogens is 2. The highest BCUT2D eigenvalue weighted by atomic mass is 19.1. The van der Waals surface area contributed by atoms with Gasteiger partial charge in [-0.25, -0.2) is 9.37 Å². The summed E-state index contributed by atoms with van der Waals surface area (Å²) < 4.78 is 15.6. The van der Waals surface area contributed by atoms with E-state index in [1.165, 1.54) is 12.1 Å². The Hall–Kier alpha value is -3.48. The fourth-order valence-electron chi connectivity index (χ4n) is 3.38. The summed E-state index contributed by atoms with van der Waals surface area (Å²) in [5, 5.41) is 5.76. The van der Waals surface area contributed by atoms with Gasteiger partial charge in [0.1, 0.15) is 17.7 Å². The summed E-state index contributed by atoms with van der Waals surface area (Å²) in [5.41, 5.74) is 2.74. The molecule has 1 aliphatic rings. The van der Waals surface area contributed by atoms with Crippen molar-refractivity contribution < 1.29 is 14.0 Å². The molecular weight excluding hydrogens is 359 g/mol. The van der Waals surface area contributed by atoms with Gasteiger partial charge in [-0.2, -0.15) is 0 Å². The van der Waals surface area contributed by atoms with Crippen molar-refractivity contribution >= 4 is 17.5 Å². The zero-order chi connectivity index (χ0) is 19.7. The number of fused-ring (bicyclic) bond motifs is 1. The lowest BCUT2D eigenvalue weighted by Crippen LogP contribution is -2.31. The first kappa shape index (κ1) is 17.9. The molecule has 0 fully saturated rings. The van der Waals surface area contributed by atoms with E-state index < -0.39 is 6.04 Å². The van der Waals surface area contributed by atoms with Crippen LogP contribution in [0.3, 0.4) is 0 Å². The van der Waals surface area contributed by atoms with Crippen LogP contribution in [0.25, 0.3) is 0 Å². The normalized spacial score (nSPS) is 14.1. The van der Waals surface area contributed by atoms with Crippen LogP contribution in [0.2, 0.25) is 0 Å². The van der Waals surface area contributed by atoms with E-state index in [0.29, 0.717) is 29.8 Å². The van der Waals surface area contributed by atoms with Crippen LogP contribution in [0.1, 0.15) is 39.8 Å². The van der Waals surface area contributed by atoms with E-state index in [9.17, 15) is 14.0 Å². The van der Waals surface area contributed by atoms with Crippen LogP contribution in [0.5, 0.6) is 0 Å². The summed E-state index contributed by atoms with van der Waals surface area (Å²) >= 11 is 0. The Morgan fingerprint density at radius 3 is 2.86 bits per heavy atom. The molecule has 0 aliphatic carbocycles. The van der Waals surface area contributed by atoms with Gasteiger partial charge in [0.15, 0.2) is 0 Å². The lowest BCUT2D eigenvalue weighted by molar-refractivity contribution is -0.116. The summed E-state index contributed by atoms with van der Waals surface area (Å²) in [6.07, 6.45) is 4.40. The number of carbonyl (C=O) groups excluding carboxylic acids is 2. The van der Waals surface area contributed by atoms with Crippen LogP contribution in [-0.4, -0.2) is 21.4 Å². The third-order valence-corrected chi connectivity index (χ3v) is 4.84. The molecule has 6 nitrogen and oxygen atoms in total. The van der Waals surface area contributed by atoms with Gasteiger partial charge in [-0.3, -0.25) is 9.59 Å². The predicted octanol–water partition coefficient (Wildman–Crippen LogP) is 2.96. The van der Waals surface area contributed by atoms with Crippen LogP contribution in [0.15, 0.2) is 54.9 Å². The molecule has 0 radical (unpaired) electrons. The van der Waals surface area contributed by atoms with E-state index in [0.717, 1.165) is 11.3 Å². The molecule has 0 unspecified atom stereocenters. The van der Waals surface area contributed by atoms with Crippen molar-refractivity contribution in [1.82, 2.24) is 14.9 Å². The third kappa shape index (κ3) is 3.51. The van der Waals surface area contributed by atoms with Crippen LogP contribution < -0.4 is 10.6 Å². The van der Waals surface area contributed by atoms with Crippen molar-refractivity contribution in [3.63, 3.8) is 0 Å². The summed E-state index contributed by atoms with van der Waals surface area (Å²) in [6.45, 7) is 0. The second kappa shape index (κ2) is 7.26. The highest BCUT2D eigenvalue weighted by Crippen LogP contribution is 2.25. The van der Waals surface area contributed by atoms with Crippen LogP contribution in [-0.2, 0) is 18.3 Å². The molecule has 1 aliphatic heterocycles. The molecule has 0 spiro atoms. The Labute approximate surface area is 161 Å². The zero-order valence-corrected chi connectivity index (χ0v) is 15.3. The number of amides is 2. The highest BCUT2D eigenvalue weighted by Gasteiger charge is 2.23. The third-order valence-electron chi connectivity index (χ3n) is 4.84. The lowest BCUT2D eigenvalue weighted by atomic mass is 9.99. The molecule has 0 bridgehead atoms. The Kier molecular flexibility index (Phi) is 4.65. The van der Waals surface area contributed by atoms with Gasteiger partial charge in [-0.05, 0) is 47.9 Å². The fourth-order valence-corrected chi connectivity index (χ4v) is 3.38. The molecule has 0 saturated carbocycles. The van der Waals surface area contributed by atoms with Gasteiger partial charge in [-0.1, -0.05) is 12.1 Å². The minimum absolute atomic E-state index is 0.0225. The molecule has 2 heterocycles. The maximum absolute atomic E-state index is 13.8. The number of carbonyl (C=O) groups is 2. The Balaban J connectivity index is 1.65. The van der Waals surface area contributed by atoms with Gasteiger partial charge in [0, 0.05) is 37.1 Å². The minimum atomic E-state index is -0.598. The van der Waals surface area contributed by atoms with Crippen LogP contribution in [0.4, 0.5) is 10.1 Å². The topological polar surface area (TPSA) is 76.0 Å². The molecule has 2 aromatic carbocycles. The van der Waals surface area contributed by atoms with Crippen molar-refractivity contribution in [3.05, 3.63) is 83.2 Å². The number of anilines is 1. The van der Waals surface area contributed by atoms with E-state index in [2.05, 4.69) is 15.6 Å².